The van der Waals surface area contributed by atoms with E-state index in [9.17, 15) is 0 Å². The lowest BCUT2D eigenvalue weighted by Crippen LogP contribution is -2.05. The van der Waals surface area contributed by atoms with E-state index in [1.54, 1.807) is 0 Å². The highest BCUT2D eigenvalue weighted by atomic mass is 79.9. The quantitative estimate of drug-likeness (QED) is 0.852. The molecule has 0 atom stereocenters. The molecule has 0 amide bonds. The normalized spacial score (nSPS) is 10.3. The molecule has 2 aromatic rings. The lowest BCUT2D eigenvalue weighted by atomic mass is 10.1. The van der Waals surface area contributed by atoms with Gasteiger partial charge in [-0.1, -0.05) is 40.2 Å². The fourth-order valence-corrected chi connectivity index (χ4v) is 1.92. The average molecular weight is 306 g/mol. The van der Waals surface area contributed by atoms with Crippen molar-refractivity contribution in [2.24, 2.45) is 5.73 Å². The highest BCUT2D eigenvalue weighted by Crippen LogP contribution is 2.24. The summed E-state index contributed by atoms with van der Waals surface area (Å²) in [5.74, 6) is 0.893. The van der Waals surface area contributed by atoms with Gasteiger partial charge in [0, 0.05) is 4.47 Å². The fourth-order valence-electron chi connectivity index (χ4n) is 1.66. The van der Waals surface area contributed by atoms with Crippen LogP contribution in [0.5, 0.6) is 5.75 Å². The van der Waals surface area contributed by atoms with E-state index in [1.807, 2.05) is 24.3 Å². The van der Waals surface area contributed by atoms with E-state index in [0.29, 0.717) is 13.2 Å². The molecule has 0 saturated heterocycles. The molecule has 0 aromatic heterocycles. The maximum Gasteiger partial charge on any atom is 0.119 e. The topological polar surface area (TPSA) is 35.2 Å². The molecule has 0 saturated carbocycles. The Kier molecular flexibility index (Phi) is 4.79. The Balaban J connectivity index is 2.05. The highest BCUT2D eigenvalue weighted by Gasteiger charge is 1.98. The van der Waals surface area contributed by atoms with Crippen LogP contribution in [0.2, 0.25) is 0 Å². The third-order valence-corrected chi connectivity index (χ3v) is 3.18. The maximum absolute atomic E-state index is 5.57. The van der Waals surface area contributed by atoms with Gasteiger partial charge in [-0.3, -0.25) is 0 Å². The minimum Gasteiger partial charge on any atom is -0.494 e. The third kappa shape index (κ3) is 3.59. The summed E-state index contributed by atoms with van der Waals surface area (Å²) in [4.78, 5) is 0. The lowest BCUT2D eigenvalue weighted by Gasteiger charge is -2.07. The van der Waals surface area contributed by atoms with Crippen molar-refractivity contribution in [3.05, 3.63) is 53.0 Å². The molecule has 0 bridgehead atoms. The van der Waals surface area contributed by atoms with Crippen molar-refractivity contribution >= 4 is 15.9 Å². The van der Waals surface area contributed by atoms with Gasteiger partial charge in [0.25, 0.3) is 0 Å². The van der Waals surface area contributed by atoms with Crippen LogP contribution in [0.1, 0.15) is 6.42 Å². The smallest absolute Gasteiger partial charge is 0.119 e. The summed E-state index contributed by atoms with van der Waals surface area (Å²) in [6.45, 7) is 1.34. The maximum atomic E-state index is 5.57. The summed E-state index contributed by atoms with van der Waals surface area (Å²) in [6, 6.07) is 16.4. The molecule has 0 radical (unpaired) electrons. The second-order valence-electron chi connectivity index (χ2n) is 4.02. The molecule has 0 aliphatic heterocycles. The number of benzene rings is 2. The van der Waals surface area contributed by atoms with E-state index in [-0.39, 0.29) is 0 Å². The Morgan fingerprint density at radius 2 is 1.44 bits per heavy atom. The molecule has 3 heteroatoms. The highest BCUT2D eigenvalue weighted by molar-refractivity contribution is 9.10. The number of ether oxygens (including phenoxy) is 1. The predicted molar refractivity (Wildman–Crippen MR) is 78.7 cm³/mol. The number of rotatable bonds is 5. The van der Waals surface area contributed by atoms with Crippen LogP contribution in [0, 0.1) is 0 Å². The molecule has 94 valence electrons. The van der Waals surface area contributed by atoms with Gasteiger partial charge in [-0.05, 0) is 48.4 Å². The second kappa shape index (κ2) is 6.57. The summed E-state index contributed by atoms with van der Waals surface area (Å²) in [7, 11) is 0. The zero-order valence-corrected chi connectivity index (χ0v) is 11.7. The van der Waals surface area contributed by atoms with E-state index in [4.69, 9.17) is 10.5 Å². The first kappa shape index (κ1) is 13.1. The van der Waals surface area contributed by atoms with Crippen molar-refractivity contribution in [1.29, 1.82) is 0 Å². The average Bonchev–Trinajstić information content (AvgIpc) is 2.41. The zero-order valence-electron chi connectivity index (χ0n) is 10.1. The molecule has 2 aromatic carbocycles. The monoisotopic (exact) mass is 305 g/mol. The van der Waals surface area contributed by atoms with Crippen molar-refractivity contribution in [3.8, 4) is 16.9 Å². The largest absolute Gasteiger partial charge is 0.494 e. The van der Waals surface area contributed by atoms with Crippen LogP contribution in [0.25, 0.3) is 11.1 Å². The van der Waals surface area contributed by atoms with Crippen LogP contribution in [-0.2, 0) is 0 Å². The van der Waals surface area contributed by atoms with Crippen LogP contribution in [-0.4, -0.2) is 13.2 Å². The molecule has 0 spiro atoms. The molecule has 18 heavy (non-hydrogen) atoms. The summed E-state index contributed by atoms with van der Waals surface area (Å²) in [5.41, 5.74) is 7.81. The Morgan fingerprint density at radius 1 is 0.889 bits per heavy atom. The summed E-state index contributed by atoms with van der Waals surface area (Å²) >= 11 is 3.43. The molecule has 0 aliphatic carbocycles. The summed E-state index contributed by atoms with van der Waals surface area (Å²) in [5, 5.41) is 0. The number of halogens is 1. The minimum atomic E-state index is 0.664. The second-order valence-corrected chi connectivity index (χ2v) is 4.94. The van der Waals surface area contributed by atoms with E-state index < -0.39 is 0 Å². The Bertz CT molecular complexity index is 479. The summed E-state index contributed by atoms with van der Waals surface area (Å²) < 4.78 is 6.66. The van der Waals surface area contributed by atoms with Gasteiger partial charge in [0.2, 0.25) is 0 Å². The fraction of sp³-hybridized carbons (Fsp3) is 0.200. The molecule has 2 rings (SSSR count). The SMILES string of the molecule is NCCCOc1ccc(-c2ccc(Br)cc2)cc1. The predicted octanol–water partition coefficient (Wildman–Crippen LogP) is 3.84. The lowest BCUT2D eigenvalue weighted by molar-refractivity contribution is 0.313. The molecule has 0 unspecified atom stereocenters. The molecule has 0 heterocycles. The zero-order chi connectivity index (χ0) is 12.8. The Morgan fingerprint density at radius 3 is 2.00 bits per heavy atom. The van der Waals surface area contributed by atoms with Crippen LogP contribution >= 0.6 is 15.9 Å². The molecule has 0 aliphatic rings. The molecular weight excluding hydrogens is 290 g/mol. The van der Waals surface area contributed by atoms with Gasteiger partial charge in [-0.2, -0.15) is 0 Å². The van der Waals surface area contributed by atoms with Crippen LogP contribution in [0.15, 0.2) is 53.0 Å². The molecule has 2 N–H and O–H groups in total. The van der Waals surface area contributed by atoms with E-state index in [0.717, 1.165) is 16.6 Å². The van der Waals surface area contributed by atoms with Crippen molar-refractivity contribution in [3.63, 3.8) is 0 Å². The number of hydrogen-bond acceptors (Lipinski definition) is 2. The van der Waals surface area contributed by atoms with Gasteiger partial charge in [0.15, 0.2) is 0 Å². The van der Waals surface area contributed by atoms with Crippen LogP contribution < -0.4 is 10.5 Å². The van der Waals surface area contributed by atoms with Crippen molar-refractivity contribution in [2.45, 2.75) is 6.42 Å². The van der Waals surface area contributed by atoms with Crippen molar-refractivity contribution < 1.29 is 4.74 Å². The molecule has 0 fully saturated rings. The Labute approximate surface area is 116 Å². The van der Waals surface area contributed by atoms with E-state index in [1.165, 1.54) is 11.1 Å². The van der Waals surface area contributed by atoms with Crippen LogP contribution in [0.3, 0.4) is 0 Å². The van der Waals surface area contributed by atoms with Gasteiger partial charge < -0.3 is 10.5 Å². The first-order valence-electron chi connectivity index (χ1n) is 5.98. The van der Waals surface area contributed by atoms with Crippen molar-refractivity contribution in [1.82, 2.24) is 0 Å². The van der Waals surface area contributed by atoms with Gasteiger partial charge >= 0.3 is 0 Å². The number of nitrogens with two attached hydrogens (primary N) is 1. The van der Waals surface area contributed by atoms with Crippen molar-refractivity contribution in [2.75, 3.05) is 13.2 Å². The first-order chi connectivity index (χ1) is 8.79. The summed E-state index contributed by atoms with van der Waals surface area (Å²) in [6.07, 6.45) is 0.883. The van der Waals surface area contributed by atoms with Crippen LogP contribution in [0.4, 0.5) is 0 Å². The van der Waals surface area contributed by atoms with Gasteiger partial charge in [0.1, 0.15) is 5.75 Å². The van der Waals surface area contributed by atoms with E-state index in [2.05, 4.69) is 40.2 Å². The van der Waals surface area contributed by atoms with Gasteiger partial charge in [-0.25, -0.2) is 0 Å². The molecular formula is C15H16BrNO. The standard InChI is InChI=1S/C15H16BrNO/c16-14-6-2-12(3-7-14)13-4-8-15(9-5-13)18-11-1-10-17/h2-9H,1,10-11,17H2. The van der Waals surface area contributed by atoms with Gasteiger partial charge in [0.05, 0.1) is 6.61 Å². The Hall–Kier alpha value is -1.32. The minimum absolute atomic E-state index is 0.664. The number of hydrogen-bond donors (Lipinski definition) is 1. The third-order valence-electron chi connectivity index (χ3n) is 2.65. The van der Waals surface area contributed by atoms with E-state index >= 15 is 0 Å². The van der Waals surface area contributed by atoms with Gasteiger partial charge in [-0.15, -0.1) is 0 Å². The molecule has 2 nitrogen and oxygen atoms in total. The first-order valence-corrected chi connectivity index (χ1v) is 6.78.